The van der Waals surface area contributed by atoms with Gasteiger partial charge in [-0.2, -0.15) is 26.3 Å². The third-order valence-corrected chi connectivity index (χ3v) is 6.08. The molecule has 1 amide bonds. The number of phenolic OH excluding ortho intramolecular Hbond substituents is 1. The number of rotatable bonds is 5. The Labute approximate surface area is 244 Å². The minimum atomic E-state index is -4.39. The topological polar surface area (TPSA) is 89.6 Å². The van der Waals surface area contributed by atoms with Crippen LogP contribution in [0.1, 0.15) is 28.7 Å². The zero-order valence-electron chi connectivity index (χ0n) is 23.2. The maximum Gasteiger partial charge on any atom is 0.417 e. The Kier molecular flexibility index (Phi) is 12.3. The SMILES string of the molecule is COC(=O)CCc1ccc(-c2ccccc2C(F)(F)F)cc1.Cc1cc(-c2ccccc2C(F)(F)F)ccc1O.NC=O. The molecule has 4 aromatic rings. The highest BCUT2D eigenvalue weighted by molar-refractivity contribution is 5.71. The highest BCUT2D eigenvalue weighted by Gasteiger charge is 2.34. The van der Waals surface area contributed by atoms with Crippen molar-refractivity contribution < 1.29 is 45.8 Å². The molecule has 11 heteroatoms. The number of carbonyl (C=O) groups is 2. The van der Waals surface area contributed by atoms with E-state index in [2.05, 4.69) is 10.5 Å². The van der Waals surface area contributed by atoms with Crippen molar-refractivity contribution in [1.82, 2.24) is 0 Å². The molecular weight excluding hydrogens is 576 g/mol. The summed E-state index contributed by atoms with van der Waals surface area (Å²) in [6.45, 7) is 1.65. The lowest BCUT2D eigenvalue weighted by molar-refractivity contribution is -0.140. The lowest BCUT2D eigenvalue weighted by Gasteiger charge is -2.13. The summed E-state index contributed by atoms with van der Waals surface area (Å²) in [5.41, 5.74) is 5.46. The van der Waals surface area contributed by atoms with E-state index in [9.17, 15) is 36.2 Å². The van der Waals surface area contributed by atoms with Crippen LogP contribution in [0.25, 0.3) is 22.3 Å². The number of amides is 1. The van der Waals surface area contributed by atoms with Crippen LogP contribution in [-0.2, 0) is 33.1 Å². The first-order valence-electron chi connectivity index (χ1n) is 12.7. The zero-order valence-corrected chi connectivity index (χ0v) is 23.2. The number of aryl methyl sites for hydroxylation is 2. The van der Waals surface area contributed by atoms with E-state index in [1.807, 2.05) is 0 Å². The number of alkyl halides is 6. The third kappa shape index (κ3) is 10.2. The van der Waals surface area contributed by atoms with Crippen molar-refractivity contribution >= 4 is 12.4 Å². The van der Waals surface area contributed by atoms with Crippen LogP contribution in [0.2, 0.25) is 0 Å². The van der Waals surface area contributed by atoms with Crippen LogP contribution in [-0.4, -0.2) is 24.6 Å². The van der Waals surface area contributed by atoms with E-state index in [0.29, 0.717) is 23.1 Å². The predicted molar refractivity (Wildman–Crippen MR) is 151 cm³/mol. The van der Waals surface area contributed by atoms with Crippen LogP contribution in [0.5, 0.6) is 5.75 Å². The number of benzene rings is 4. The number of primary amides is 1. The Morgan fingerprint density at radius 3 is 1.67 bits per heavy atom. The number of methoxy groups -OCH3 is 1. The number of phenols is 1. The predicted octanol–water partition coefficient (Wildman–Crippen LogP) is 7.97. The van der Waals surface area contributed by atoms with Crippen LogP contribution >= 0.6 is 0 Å². The van der Waals surface area contributed by atoms with E-state index in [-0.39, 0.29) is 35.7 Å². The molecule has 0 bridgehead atoms. The second kappa shape index (κ2) is 15.4. The fraction of sp³-hybridized carbons (Fsp3) is 0.188. The van der Waals surface area contributed by atoms with Gasteiger partial charge in [-0.05, 0) is 71.0 Å². The minimum Gasteiger partial charge on any atom is -0.508 e. The number of esters is 1. The van der Waals surface area contributed by atoms with Crippen molar-refractivity contribution in [1.29, 1.82) is 0 Å². The molecule has 4 aromatic carbocycles. The minimum absolute atomic E-state index is 0.0724. The van der Waals surface area contributed by atoms with Gasteiger partial charge in [0, 0.05) is 6.42 Å². The summed E-state index contributed by atoms with van der Waals surface area (Å²) < 4.78 is 82.2. The second-order valence-corrected chi connectivity index (χ2v) is 9.00. The van der Waals surface area contributed by atoms with Gasteiger partial charge in [0.25, 0.3) is 0 Å². The van der Waals surface area contributed by atoms with E-state index < -0.39 is 23.5 Å². The van der Waals surface area contributed by atoms with E-state index in [1.54, 1.807) is 49.4 Å². The van der Waals surface area contributed by atoms with Gasteiger partial charge in [0.1, 0.15) is 5.75 Å². The first-order valence-corrected chi connectivity index (χ1v) is 12.7. The van der Waals surface area contributed by atoms with Crippen LogP contribution in [0, 0.1) is 6.92 Å². The smallest absolute Gasteiger partial charge is 0.417 e. The molecule has 0 aliphatic heterocycles. The van der Waals surface area contributed by atoms with Crippen molar-refractivity contribution in [2.75, 3.05) is 7.11 Å². The average molecular weight is 606 g/mol. The zero-order chi connectivity index (χ0) is 32.2. The molecule has 0 atom stereocenters. The maximum atomic E-state index is 13.0. The molecule has 0 fully saturated rings. The molecule has 4 rings (SSSR count). The van der Waals surface area contributed by atoms with Gasteiger partial charge in [0.15, 0.2) is 0 Å². The fourth-order valence-electron chi connectivity index (χ4n) is 3.99. The lowest BCUT2D eigenvalue weighted by atomic mass is 9.97. The van der Waals surface area contributed by atoms with Gasteiger partial charge in [0.2, 0.25) is 6.41 Å². The van der Waals surface area contributed by atoms with Gasteiger partial charge < -0.3 is 15.6 Å². The normalized spacial score (nSPS) is 10.9. The Balaban J connectivity index is 0.000000279. The standard InChI is InChI=1S/C17H15F3O2.C14H11F3O.CH3NO/c1-22-16(21)11-8-12-6-9-13(10-7-12)14-4-2-3-5-15(14)17(18,19)20;1-9-8-10(6-7-13(9)18)11-4-2-3-5-12(11)14(15,16)17;2-1-3/h2-7,9-10H,8,11H2,1H3;2-8,18H,1H3;1H,(H2,2,3). The van der Waals surface area contributed by atoms with Crippen LogP contribution in [0.15, 0.2) is 91.0 Å². The van der Waals surface area contributed by atoms with Gasteiger partial charge in [-0.25, -0.2) is 0 Å². The lowest BCUT2D eigenvalue weighted by Crippen LogP contribution is -2.06. The molecule has 0 aliphatic carbocycles. The van der Waals surface area contributed by atoms with Gasteiger partial charge in [-0.3, -0.25) is 9.59 Å². The summed E-state index contributed by atoms with van der Waals surface area (Å²) in [7, 11) is 1.32. The van der Waals surface area contributed by atoms with E-state index in [4.69, 9.17) is 4.79 Å². The molecule has 0 heterocycles. The van der Waals surface area contributed by atoms with Crippen molar-refractivity contribution in [3.63, 3.8) is 0 Å². The fourth-order valence-corrected chi connectivity index (χ4v) is 3.99. The van der Waals surface area contributed by atoms with Crippen molar-refractivity contribution in [3.8, 4) is 28.0 Å². The Morgan fingerprint density at radius 1 is 0.791 bits per heavy atom. The van der Waals surface area contributed by atoms with Crippen LogP contribution in [0.4, 0.5) is 26.3 Å². The molecule has 0 radical (unpaired) electrons. The second-order valence-electron chi connectivity index (χ2n) is 9.00. The molecule has 0 unspecified atom stereocenters. The van der Waals surface area contributed by atoms with E-state index >= 15 is 0 Å². The first-order chi connectivity index (χ1) is 20.2. The summed E-state index contributed by atoms with van der Waals surface area (Å²) >= 11 is 0. The average Bonchev–Trinajstić information content (AvgIpc) is 2.97. The molecule has 228 valence electrons. The van der Waals surface area contributed by atoms with Crippen molar-refractivity contribution in [3.05, 3.63) is 113 Å². The van der Waals surface area contributed by atoms with Gasteiger partial charge >= 0.3 is 18.3 Å². The molecule has 0 aliphatic rings. The molecule has 5 nitrogen and oxygen atoms in total. The van der Waals surface area contributed by atoms with E-state index in [1.165, 1.54) is 43.5 Å². The molecule has 0 saturated heterocycles. The molecule has 0 aromatic heterocycles. The molecule has 0 spiro atoms. The Hall–Kier alpha value is -4.80. The summed E-state index contributed by atoms with van der Waals surface area (Å²) in [5.74, 6) is -0.241. The Bertz CT molecular complexity index is 1500. The maximum absolute atomic E-state index is 13.0. The molecule has 0 saturated carbocycles. The van der Waals surface area contributed by atoms with Crippen molar-refractivity contribution in [2.24, 2.45) is 5.73 Å². The third-order valence-electron chi connectivity index (χ3n) is 6.08. The monoisotopic (exact) mass is 605 g/mol. The van der Waals surface area contributed by atoms with Crippen molar-refractivity contribution in [2.45, 2.75) is 32.1 Å². The molecule has 43 heavy (non-hydrogen) atoms. The number of nitrogens with two attached hydrogens (primary N) is 1. The number of halogens is 6. The Morgan fingerprint density at radius 2 is 1.23 bits per heavy atom. The number of hydrogen-bond donors (Lipinski definition) is 2. The molecular formula is C32H29F6NO4. The summed E-state index contributed by atoms with van der Waals surface area (Å²) in [4.78, 5) is 19.7. The summed E-state index contributed by atoms with van der Waals surface area (Å²) in [5, 5.41) is 9.40. The van der Waals surface area contributed by atoms with Crippen LogP contribution in [0.3, 0.4) is 0 Å². The number of ether oxygens (including phenoxy) is 1. The van der Waals surface area contributed by atoms with Gasteiger partial charge in [-0.15, -0.1) is 0 Å². The largest absolute Gasteiger partial charge is 0.508 e. The van der Waals surface area contributed by atoms with Crippen LogP contribution < -0.4 is 5.73 Å². The highest BCUT2D eigenvalue weighted by atomic mass is 19.4. The number of carbonyl (C=O) groups excluding carboxylic acids is 2. The first kappa shape index (κ1) is 34.4. The number of hydrogen-bond acceptors (Lipinski definition) is 4. The number of aromatic hydroxyl groups is 1. The highest BCUT2D eigenvalue weighted by Crippen LogP contribution is 2.38. The summed E-state index contributed by atoms with van der Waals surface area (Å²) in [6.07, 6.45) is -7.79. The molecule has 3 N–H and O–H groups in total. The quantitative estimate of drug-likeness (QED) is 0.137. The van der Waals surface area contributed by atoms with Gasteiger partial charge in [-0.1, -0.05) is 66.7 Å². The summed E-state index contributed by atoms with van der Waals surface area (Å²) in [6, 6.07) is 22.0. The van der Waals surface area contributed by atoms with E-state index in [0.717, 1.165) is 17.7 Å². The van der Waals surface area contributed by atoms with Gasteiger partial charge in [0.05, 0.1) is 18.2 Å².